The van der Waals surface area contributed by atoms with Crippen LogP contribution in [0.2, 0.25) is 0 Å². The SMILES string of the molecule is C1=CC(SSC2=NC=CCC2)=NCC1. The zero-order valence-electron chi connectivity index (χ0n) is 7.85. The van der Waals surface area contributed by atoms with Gasteiger partial charge in [-0.25, -0.2) is 0 Å². The molecule has 2 heterocycles. The molecule has 0 N–H and O–H groups in total. The van der Waals surface area contributed by atoms with Crippen molar-refractivity contribution in [2.24, 2.45) is 9.98 Å². The van der Waals surface area contributed by atoms with Crippen molar-refractivity contribution in [3.8, 4) is 0 Å². The Labute approximate surface area is 92.1 Å². The average Bonchev–Trinajstić information content (AvgIpc) is 2.29. The van der Waals surface area contributed by atoms with Crippen LogP contribution in [0.1, 0.15) is 19.3 Å². The minimum Gasteiger partial charge on any atom is -0.277 e. The summed E-state index contributed by atoms with van der Waals surface area (Å²) >= 11 is 0. The molecule has 0 radical (unpaired) electrons. The fourth-order valence-corrected chi connectivity index (χ4v) is 3.21. The molecule has 0 unspecified atom stereocenters. The predicted molar refractivity (Wildman–Crippen MR) is 67.1 cm³/mol. The van der Waals surface area contributed by atoms with Gasteiger partial charge in [0.15, 0.2) is 0 Å². The van der Waals surface area contributed by atoms with Gasteiger partial charge in [-0.3, -0.25) is 9.98 Å². The second-order valence-corrected chi connectivity index (χ2v) is 5.25. The van der Waals surface area contributed by atoms with Crippen LogP contribution in [0.25, 0.3) is 0 Å². The third-order valence-corrected chi connectivity index (χ3v) is 4.26. The number of allylic oxidation sites excluding steroid dienone is 1. The molecule has 14 heavy (non-hydrogen) atoms. The molecule has 2 rings (SSSR count). The fourth-order valence-electron chi connectivity index (χ4n) is 1.18. The zero-order valence-corrected chi connectivity index (χ0v) is 9.48. The summed E-state index contributed by atoms with van der Waals surface area (Å²) in [6.45, 7) is 0.936. The first-order valence-electron chi connectivity index (χ1n) is 4.72. The van der Waals surface area contributed by atoms with E-state index in [1.165, 1.54) is 5.04 Å². The van der Waals surface area contributed by atoms with Gasteiger partial charge < -0.3 is 0 Å². The van der Waals surface area contributed by atoms with Crippen molar-refractivity contribution < 1.29 is 0 Å². The molecule has 0 spiro atoms. The van der Waals surface area contributed by atoms with Gasteiger partial charge in [-0.2, -0.15) is 0 Å². The maximum atomic E-state index is 4.41. The minimum atomic E-state index is 0.936. The van der Waals surface area contributed by atoms with Gasteiger partial charge in [0.2, 0.25) is 0 Å². The summed E-state index contributed by atoms with van der Waals surface area (Å²) < 4.78 is 0. The molecule has 0 fully saturated rings. The molecular weight excluding hydrogens is 212 g/mol. The van der Waals surface area contributed by atoms with Crippen molar-refractivity contribution >= 4 is 31.7 Å². The van der Waals surface area contributed by atoms with E-state index in [1.807, 2.05) is 6.20 Å². The highest BCUT2D eigenvalue weighted by molar-refractivity contribution is 8.87. The summed E-state index contributed by atoms with van der Waals surface area (Å²) in [6.07, 6.45) is 11.6. The Morgan fingerprint density at radius 1 is 1.14 bits per heavy atom. The van der Waals surface area contributed by atoms with Gasteiger partial charge in [0.1, 0.15) is 5.04 Å². The quantitative estimate of drug-likeness (QED) is 0.589. The predicted octanol–water partition coefficient (Wildman–Crippen LogP) is 3.43. The molecule has 0 aromatic rings. The van der Waals surface area contributed by atoms with Crippen molar-refractivity contribution in [3.05, 3.63) is 24.4 Å². The highest BCUT2D eigenvalue weighted by Gasteiger charge is 2.06. The van der Waals surface area contributed by atoms with Crippen LogP contribution in [-0.2, 0) is 0 Å². The van der Waals surface area contributed by atoms with E-state index in [4.69, 9.17) is 0 Å². The normalized spacial score (nSPS) is 20.6. The summed E-state index contributed by atoms with van der Waals surface area (Å²) in [5, 5.41) is 2.33. The van der Waals surface area contributed by atoms with E-state index in [0.717, 1.165) is 30.9 Å². The van der Waals surface area contributed by atoms with E-state index in [1.54, 1.807) is 21.6 Å². The summed E-state index contributed by atoms with van der Waals surface area (Å²) in [4.78, 5) is 8.73. The monoisotopic (exact) mass is 224 g/mol. The van der Waals surface area contributed by atoms with Gasteiger partial charge in [-0.15, -0.1) is 0 Å². The Kier molecular flexibility index (Phi) is 3.89. The molecule has 0 saturated carbocycles. The number of dihydropyridines is 1. The van der Waals surface area contributed by atoms with E-state index in [2.05, 4.69) is 28.2 Å². The van der Waals surface area contributed by atoms with Gasteiger partial charge in [-0.1, -0.05) is 12.2 Å². The Morgan fingerprint density at radius 2 is 2.14 bits per heavy atom. The van der Waals surface area contributed by atoms with Crippen LogP contribution in [0.4, 0.5) is 0 Å². The number of aliphatic imine (C=N–C) groups is 2. The number of hydrogen-bond donors (Lipinski definition) is 0. The van der Waals surface area contributed by atoms with Gasteiger partial charge in [0.25, 0.3) is 0 Å². The van der Waals surface area contributed by atoms with Crippen molar-refractivity contribution in [3.63, 3.8) is 0 Å². The Bertz CT molecular complexity index is 316. The first kappa shape index (κ1) is 10.1. The second-order valence-electron chi connectivity index (χ2n) is 3.02. The minimum absolute atomic E-state index is 0.936. The molecule has 0 atom stereocenters. The van der Waals surface area contributed by atoms with E-state index >= 15 is 0 Å². The van der Waals surface area contributed by atoms with E-state index in [-0.39, 0.29) is 0 Å². The van der Waals surface area contributed by atoms with Crippen LogP contribution in [0.15, 0.2) is 34.4 Å². The van der Waals surface area contributed by atoms with E-state index in [0.29, 0.717) is 0 Å². The maximum absolute atomic E-state index is 4.41. The molecule has 0 saturated heterocycles. The molecule has 0 bridgehead atoms. The van der Waals surface area contributed by atoms with E-state index < -0.39 is 0 Å². The lowest BCUT2D eigenvalue weighted by atomic mass is 10.3. The van der Waals surface area contributed by atoms with Gasteiger partial charge in [-0.05, 0) is 40.5 Å². The largest absolute Gasteiger partial charge is 0.277 e. The second kappa shape index (κ2) is 5.41. The third kappa shape index (κ3) is 3.03. The topological polar surface area (TPSA) is 24.7 Å². The summed E-state index contributed by atoms with van der Waals surface area (Å²) in [6, 6.07) is 0. The van der Waals surface area contributed by atoms with Crippen LogP contribution in [0, 0.1) is 0 Å². The van der Waals surface area contributed by atoms with Crippen molar-refractivity contribution in [1.29, 1.82) is 0 Å². The third-order valence-electron chi connectivity index (χ3n) is 1.90. The molecule has 2 nitrogen and oxygen atoms in total. The molecule has 4 heteroatoms. The zero-order chi connectivity index (χ0) is 9.64. The van der Waals surface area contributed by atoms with Crippen LogP contribution in [0.3, 0.4) is 0 Å². The lowest BCUT2D eigenvalue weighted by Crippen LogP contribution is -1.97. The van der Waals surface area contributed by atoms with Crippen LogP contribution in [-0.4, -0.2) is 16.6 Å². The van der Waals surface area contributed by atoms with Crippen molar-refractivity contribution in [2.45, 2.75) is 19.3 Å². The molecular formula is C10H12N2S2. The highest BCUT2D eigenvalue weighted by Crippen LogP contribution is 2.29. The van der Waals surface area contributed by atoms with Gasteiger partial charge >= 0.3 is 0 Å². The number of nitrogens with zero attached hydrogens (tertiary/aromatic N) is 2. The smallest absolute Gasteiger partial charge is 0.101 e. The lowest BCUT2D eigenvalue weighted by molar-refractivity contribution is 1.000. The lowest BCUT2D eigenvalue weighted by Gasteiger charge is -2.07. The Balaban J connectivity index is 1.81. The molecule has 0 aliphatic carbocycles. The van der Waals surface area contributed by atoms with Gasteiger partial charge in [0, 0.05) is 19.2 Å². The fraction of sp³-hybridized carbons (Fsp3) is 0.400. The first-order valence-corrected chi connectivity index (χ1v) is 6.87. The van der Waals surface area contributed by atoms with Crippen LogP contribution < -0.4 is 0 Å². The first-order chi connectivity index (χ1) is 6.95. The Hall–Kier alpha value is -0.480. The maximum Gasteiger partial charge on any atom is 0.101 e. The summed E-state index contributed by atoms with van der Waals surface area (Å²) in [5.41, 5.74) is 0. The van der Waals surface area contributed by atoms with Crippen LogP contribution in [0.5, 0.6) is 0 Å². The molecule has 2 aliphatic rings. The van der Waals surface area contributed by atoms with Crippen LogP contribution >= 0.6 is 21.6 Å². The summed E-state index contributed by atoms with van der Waals surface area (Å²) in [5.74, 6) is 0. The molecule has 2 aliphatic heterocycles. The van der Waals surface area contributed by atoms with Crippen molar-refractivity contribution in [1.82, 2.24) is 0 Å². The Morgan fingerprint density at radius 3 is 2.86 bits per heavy atom. The number of rotatable bonds is 0. The standard InChI is InChI=1S/C10H12N2S2/c1-3-7-11-9(5-1)13-14-10-6-2-4-8-12-10/h1,4-5,8H,2-3,6-7H2. The van der Waals surface area contributed by atoms with Crippen molar-refractivity contribution in [2.75, 3.05) is 6.54 Å². The number of hydrogen-bond acceptors (Lipinski definition) is 4. The highest BCUT2D eigenvalue weighted by atomic mass is 33.1. The molecule has 74 valence electrons. The average molecular weight is 224 g/mol. The molecule has 0 aromatic heterocycles. The molecule has 0 amide bonds. The summed E-state index contributed by atoms with van der Waals surface area (Å²) in [7, 11) is 3.46. The van der Waals surface area contributed by atoms with Gasteiger partial charge in [0.05, 0.1) is 5.04 Å². The van der Waals surface area contributed by atoms with E-state index in [9.17, 15) is 0 Å². The molecule has 0 aromatic carbocycles.